The van der Waals surface area contributed by atoms with Crippen LogP contribution in [0, 0.1) is 0 Å². The number of hydrogen-bond donors (Lipinski definition) is 3. The third-order valence-electron chi connectivity index (χ3n) is 2.05. The van der Waals surface area contributed by atoms with E-state index in [1.54, 1.807) is 25.4 Å². The molecule has 1 aromatic heterocycles. The zero-order chi connectivity index (χ0) is 9.19. The molecule has 0 spiro atoms. The van der Waals surface area contributed by atoms with Gasteiger partial charge < -0.3 is 15.8 Å². The molecular weight excluding hydrogens is 156 g/mol. The van der Waals surface area contributed by atoms with Crippen molar-refractivity contribution in [2.45, 2.75) is 18.9 Å². The van der Waals surface area contributed by atoms with Crippen LogP contribution in [-0.4, -0.2) is 16.1 Å². The van der Waals surface area contributed by atoms with Gasteiger partial charge in [-0.05, 0) is 12.5 Å². The summed E-state index contributed by atoms with van der Waals surface area (Å²) in [5, 5.41) is 8.87. The van der Waals surface area contributed by atoms with E-state index >= 15 is 0 Å². The first-order valence-electron chi connectivity index (χ1n) is 3.77. The van der Waals surface area contributed by atoms with Gasteiger partial charge in [-0.2, -0.15) is 0 Å². The van der Waals surface area contributed by atoms with Crippen molar-refractivity contribution in [3.05, 3.63) is 24.0 Å². The molecule has 4 N–H and O–H groups in total. The van der Waals surface area contributed by atoms with Crippen LogP contribution in [0.5, 0.6) is 0 Å². The average Bonchev–Trinajstić information content (AvgIpc) is 2.54. The molecule has 0 saturated heterocycles. The molecule has 0 aliphatic carbocycles. The predicted molar refractivity (Wildman–Crippen MR) is 44.6 cm³/mol. The van der Waals surface area contributed by atoms with E-state index in [0.717, 1.165) is 0 Å². The van der Waals surface area contributed by atoms with Crippen molar-refractivity contribution in [2.24, 2.45) is 5.73 Å². The molecule has 12 heavy (non-hydrogen) atoms. The highest BCUT2D eigenvalue weighted by atomic mass is 16.4. The lowest BCUT2D eigenvalue weighted by molar-refractivity contribution is -0.143. The maximum Gasteiger partial charge on any atom is 0.328 e. The third kappa shape index (κ3) is 1.21. The molecular formula is C8H12N2O2. The summed E-state index contributed by atoms with van der Waals surface area (Å²) in [4.78, 5) is 13.6. The van der Waals surface area contributed by atoms with Crippen LogP contribution >= 0.6 is 0 Å². The third-order valence-corrected chi connectivity index (χ3v) is 2.05. The topological polar surface area (TPSA) is 79.1 Å². The van der Waals surface area contributed by atoms with Crippen molar-refractivity contribution in [3.63, 3.8) is 0 Å². The van der Waals surface area contributed by atoms with Crippen molar-refractivity contribution >= 4 is 5.97 Å². The SMILES string of the molecule is CCC(N)(C(=O)O)c1cc[nH]c1. The number of aromatic amines is 1. The fraction of sp³-hybridized carbons (Fsp3) is 0.375. The largest absolute Gasteiger partial charge is 0.480 e. The van der Waals surface area contributed by atoms with E-state index in [1.807, 2.05) is 0 Å². The van der Waals surface area contributed by atoms with Crippen LogP contribution in [0.2, 0.25) is 0 Å². The van der Waals surface area contributed by atoms with E-state index in [2.05, 4.69) is 4.98 Å². The fourth-order valence-electron chi connectivity index (χ4n) is 1.08. The lowest BCUT2D eigenvalue weighted by Crippen LogP contribution is -2.43. The van der Waals surface area contributed by atoms with E-state index < -0.39 is 11.5 Å². The fourth-order valence-corrected chi connectivity index (χ4v) is 1.08. The molecule has 66 valence electrons. The minimum absolute atomic E-state index is 0.375. The number of H-pyrrole nitrogens is 1. The minimum Gasteiger partial charge on any atom is -0.480 e. The van der Waals surface area contributed by atoms with Gasteiger partial charge in [-0.3, -0.25) is 0 Å². The van der Waals surface area contributed by atoms with Gasteiger partial charge in [-0.25, -0.2) is 4.79 Å². The molecule has 0 aromatic carbocycles. The van der Waals surface area contributed by atoms with Crippen molar-refractivity contribution in [2.75, 3.05) is 0 Å². The maximum absolute atomic E-state index is 10.8. The molecule has 4 heteroatoms. The Labute approximate surface area is 70.4 Å². The number of carboxylic acid groups (broad SMARTS) is 1. The molecule has 0 radical (unpaired) electrons. The molecule has 0 bridgehead atoms. The second-order valence-corrected chi connectivity index (χ2v) is 2.73. The Morgan fingerprint density at radius 3 is 2.83 bits per heavy atom. The molecule has 1 unspecified atom stereocenters. The number of nitrogens with one attached hydrogen (secondary N) is 1. The van der Waals surface area contributed by atoms with Crippen molar-refractivity contribution < 1.29 is 9.90 Å². The number of aliphatic carboxylic acids is 1. The van der Waals surface area contributed by atoms with Gasteiger partial charge in [-0.1, -0.05) is 6.92 Å². The first-order chi connectivity index (χ1) is 5.61. The number of carboxylic acids is 1. The van der Waals surface area contributed by atoms with Crippen LogP contribution in [-0.2, 0) is 10.3 Å². The Balaban J connectivity index is 3.04. The number of rotatable bonds is 3. The van der Waals surface area contributed by atoms with E-state index in [4.69, 9.17) is 10.8 Å². The van der Waals surface area contributed by atoms with Gasteiger partial charge in [0, 0.05) is 18.0 Å². The zero-order valence-electron chi connectivity index (χ0n) is 6.87. The molecule has 0 saturated carbocycles. The van der Waals surface area contributed by atoms with Crippen molar-refractivity contribution in [1.29, 1.82) is 0 Å². The van der Waals surface area contributed by atoms with Gasteiger partial charge in [0.05, 0.1) is 0 Å². The molecule has 1 heterocycles. The summed E-state index contributed by atoms with van der Waals surface area (Å²) in [7, 11) is 0. The lowest BCUT2D eigenvalue weighted by Gasteiger charge is -2.21. The summed E-state index contributed by atoms with van der Waals surface area (Å²) in [6, 6.07) is 1.68. The molecule has 0 amide bonds. The van der Waals surface area contributed by atoms with Crippen molar-refractivity contribution in [1.82, 2.24) is 4.98 Å². The standard InChI is InChI=1S/C8H12N2O2/c1-2-8(9,7(11)12)6-3-4-10-5-6/h3-5,10H,2,9H2,1H3,(H,11,12). The summed E-state index contributed by atoms with van der Waals surface area (Å²) >= 11 is 0. The van der Waals surface area contributed by atoms with E-state index in [9.17, 15) is 4.79 Å². The maximum atomic E-state index is 10.8. The highest BCUT2D eigenvalue weighted by Crippen LogP contribution is 2.21. The van der Waals surface area contributed by atoms with Gasteiger partial charge in [-0.15, -0.1) is 0 Å². The Morgan fingerprint density at radius 2 is 2.50 bits per heavy atom. The van der Waals surface area contributed by atoms with Gasteiger partial charge in [0.15, 0.2) is 0 Å². The van der Waals surface area contributed by atoms with E-state index in [1.165, 1.54) is 0 Å². The van der Waals surface area contributed by atoms with Crippen LogP contribution in [0.15, 0.2) is 18.5 Å². The number of aromatic nitrogens is 1. The minimum atomic E-state index is -1.25. The molecule has 1 rings (SSSR count). The van der Waals surface area contributed by atoms with Gasteiger partial charge >= 0.3 is 5.97 Å². The Morgan fingerprint density at radius 1 is 1.83 bits per heavy atom. The molecule has 0 fully saturated rings. The first kappa shape index (κ1) is 8.80. The van der Waals surface area contributed by atoms with E-state index in [-0.39, 0.29) is 0 Å². The normalized spacial score (nSPS) is 15.5. The summed E-state index contributed by atoms with van der Waals surface area (Å²) in [6.45, 7) is 1.75. The van der Waals surface area contributed by atoms with Crippen LogP contribution in [0.25, 0.3) is 0 Å². The van der Waals surface area contributed by atoms with Crippen molar-refractivity contribution in [3.8, 4) is 0 Å². The Kier molecular flexibility index (Phi) is 2.19. The number of hydrogen-bond acceptors (Lipinski definition) is 2. The van der Waals surface area contributed by atoms with Gasteiger partial charge in [0.25, 0.3) is 0 Å². The average molecular weight is 168 g/mol. The van der Waals surface area contributed by atoms with Crippen LogP contribution < -0.4 is 5.73 Å². The van der Waals surface area contributed by atoms with Crippen LogP contribution in [0.3, 0.4) is 0 Å². The second kappa shape index (κ2) is 2.98. The van der Waals surface area contributed by atoms with E-state index in [0.29, 0.717) is 12.0 Å². The quantitative estimate of drug-likeness (QED) is 0.620. The van der Waals surface area contributed by atoms with Crippen LogP contribution in [0.1, 0.15) is 18.9 Å². The highest BCUT2D eigenvalue weighted by molar-refractivity contribution is 5.80. The summed E-state index contributed by atoms with van der Waals surface area (Å²) in [6.07, 6.45) is 3.65. The molecule has 1 aromatic rings. The smallest absolute Gasteiger partial charge is 0.328 e. The predicted octanol–water partition coefficient (Wildman–Crippen LogP) is 0.663. The lowest BCUT2D eigenvalue weighted by atomic mass is 9.91. The highest BCUT2D eigenvalue weighted by Gasteiger charge is 2.34. The van der Waals surface area contributed by atoms with Gasteiger partial charge in [0.1, 0.15) is 5.54 Å². The number of carbonyl (C=O) groups is 1. The first-order valence-corrected chi connectivity index (χ1v) is 3.77. The number of nitrogens with two attached hydrogens (primary N) is 1. The molecule has 1 atom stereocenters. The monoisotopic (exact) mass is 168 g/mol. The Bertz CT molecular complexity index is 269. The molecule has 4 nitrogen and oxygen atoms in total. The van der Waals surface area contributed by atoms with Crippen LogP contribution in [0.4, 0.5) is 0 Å². The second-order valence-electron chi connectivity index (χ2n) is 2.73. The summed E-state index contributed by atoms with van der Waals surface area (Å²) < 4.78 is 0. The zero-order valence-corrected chi connectivity index (χ0v) is 6.87. The summed E-state index contributed by atoms with van der Waals surface area (Å²) in [5.74, 6) is -0.996. The Hall–Kier alpha value is -1.29. The molecule has 0 aliphatic heterocycles. The van der Waals surface area contributed by atoms with Gasteiger partial charge in [0.2, 0.25) is 0 Å². The molecule has 0 aliphatic rings. The summed E-state index contributed by atoms with van der Waals surface area (Å²) in [5.41, 5.74) is 5.05.